The second-order valence-electron chi connectivity index (χ2n) is 4.26. The summed E-state index contributed by atoms with van der Waals surface area (Å²) >= 11 is 0. The van der Waals surface area contributed by atoms with E-state index in [1.807, 2.05) is 0 Å². The van der Waals surface area contributed by atoms with Gasteiger partial charge in [0.15, 0.2) is 0 Å². The zero-order chi connectivity index (χ0) is 15.4. The minimum Gasteiger partial charge on any atom is -0.480 e. The number of nitrogens with zero attached hydrogens (tertiary/aromatic N) is 2. The fourth-order valence-corrected chi connectivity index (χ4v) is 1.50. The van der Waals surface area contributed by atoms with Gasteiger partial charge in [0, 0.05) is 13.1 Å². The smallest absolute Gasteiger partial charge is 0.326 e. The van der Waals surface area contributed by atoms with Gasteiger partial charge < -0.3 is 15.3 Å². The maximum absolute atomic E-state index is 11.9. The molecular weight excluding hydrogens is 266 g/mol. The summed E-state index contributed by atoms with van der Waals surface area (Å²) < 4.78 is 0. The van der Waals surface area contributed by atoms with Gasteiger partial charge in [0.25, 0.3) is 5.69 Å². The molecule has 0 radical (unpaired) electrons. The molecule has 1 atom stereocenters. The summed E-state index contributed by atoms with van der Waals surface area (Å²) in [4.78, 5) is 33.9. The SMILES string of the molecule is Cc1c(NC(=O)N(C)C(C)C(=O)O)cccc1[N+](=O)[O-]. The molecule has 0 aliphatic carbocycles. The van der Waals surface area contributed by atoms with Gasteiger partial charge in [-0.2, -0.15) is 0 Å². The van der Waals surface area contributed by atoms with Crippen LogP contribution in [-0.4, -0.2) is 40.0 Å². The number of carboxylic acid groups (broad SMARTS) is 1. The second-order valence-corrected chi connectivity index (χ2v) is 4.26. The van der Waals surface area contributed by atoms with Gasteiger partial charge in [-0.05, 0) is 19.9 Å². The molecule has 0 fully saturated rings. The molecule has 0 heterocycles. The average molecular weight is 281 g/mol. The lowest BCUT2D eigenvalue weighted by Gasteiger charge is -2.22. The molecule has 0 saturated carbocycles. The number of nitrogens with one attached hydrogen (secondary N) is 1. The first-order valence-electron chi connectivity index (χ1n) is 5.76. The van der Waals surface area contributed by atoms with Gasteiger partial charge in [0.1, 0.15) is 6.04 Å². The number of likely N-dealkylation sites (N-methyl/N-ethyl adjacent to an activating group) is 1. The first kappa shape index (κ1) is 15.4. The standard InChI is InChI=1S/C12H15N3O5/c1-7-9(5-4-6-10(7)15(19)20)13-12(18)14(3)8(2)11(16)17/h4-6,8H,1-3H3,(H,13,18)(H,16,17). The van der Waals surface area contributed by atoms with Gasteiger partial charge >= 0.3 is 12.0 Å². The summed E-state index contributed by atoms with van der Waals surface area (Å²) in [6.07, 6.45) is 0. The van der Waals surface area contributed by atoms with E-state index in [0.29, 0.717) is 5.56 Å². The third-order valence-corrected chi connectivity index (χ3v) is 3.00. The molecular formula is C12H15N3O5. The zero-order valence-electron chi connectivity index (χ0n) is 11.3. The fourth-order valence-electron chi connectivity index (χ4n) is 1.50. The van der Waals surface area contributed by atoms with Crippen LogP contribution in [0.5, 0.6) is 0 Å². The Labute approximate surface area is 115 Å². The van der Waals surface area contributed by atoms with E-state index in [0.717, 1.165) is 4.90 Å². The number of benzene rings is 1. The van der Waals surface area contributed by atoms with Gasteiger partial charge in [-0.15, -0.1) is 0 Å². The Morgan fingerprint density at radius 2 is 2.05 bits per heavy atom. The van der Waals surface area contributed by atoms with Crippen molar-refractivity contribution < 1.29 is 19.6 Å². The number of carbonyl (C=O) groups excluding carboxylic acids is 1. The summed E-state index contributed by atoms with van der Waals surface area (Å²) in [5.41, 5.74) is 0.465. The molecule has 0 spiro atoms. The first-order chi connectivity index (χ1) is 9.25. The number of carboxylic acids is 1. The second kappa shape index (κ2) is 6.00. The van der Waals surface area contributed by atoms with Gasteiger partial charge in [-0.25, -0.2) is 9.59 Å². The van der Waals surface area contributed by atoms with Crippen molar-refractivity contribution in [2.75, 3.05) is 12.4 Å². The summed E-state index contributed by atoms with van der Waals surface area (Å²) in [5, 5.41) is 22.1. The number of nitro benzene ring substituents is 1. The van der Waals surface area contributed by atoms with Crippen LogP contribution < -0.4 is 5.32 Å². The van der Waals surface area contributed by atoms with Crippen LogP contribution >= 0.6 is 0 Å². The fraction of sp³-hybridized carbons (Fsp3) is 0.333. The monoisotopic (exact) mass is 281 g/mol. The van der Waals surface area contributed by atoms with Crippen LogP contribution in [-0.2, 0) is 4.79 Å². The van der Waals surface area contributed by atoms with Crippen molar-refractivity contribution in [2.24, 2.45) is 0 Å². The molecule has 8 nitrogen and oxygen atoms in total. The summed E-state index contributed by atoms with van der Waals surface area (Å²) in [5.74, 6) is -1.14. The van der Waals surface area contributed by atoms with Crippen LogP contribution in [0.4, 0.5) is 16.2 Å². The van der Waals surface area contributed by atoms with E-state index in [-0.39, 0.29) is 11.4 Å². The molecule has 0 bridgehead atoms. The number of hydrogen-bond donors (Lipinski definition) is 2. The summed E-state index contributed by atoms with van der Waals surface area (Å²) in [6, 6.07) is 2.63. The van der Waals surface area contributed by atoms with Crippen molar-refractivity contribution in [3.63, 3.8) is 0 Å². The van der Waals surface area contributed by atoms with Gasteiger partial charge in [-0.3, -0.25) is 10.1 Å². The molecule has 1 aromatic rings. The van der Waals surface area contributed by atoms with Crippen molar-refractivity contribution in [1.82, 2.24) is 4.90 Å². The van der Waals surface area contributed by atoms with Crippen LogP contribution in [0.2, 0.25) is 0 Å². The third-order valence-electron chi connectivity index (χ3n) is 3.00. The maximum Gasteiger partial charge on any atom is 0.326 e. The van der Waals surface area contributed by atoms with Crippen molar-refractivity contribution in [2.45, 2.75) is 19.9 Å². The molecule has 0 aliphatic heterocycles. The predicted molar refractivity (Wildman–Crippen MR) is 71.7 cm³/mol. The maximum atomic E-state index is 11.9. The lowest BCUT2D eigenvalue weighted by molar-refractivity contribution is -0.385. The van der Waals surface area contributed by atoms with E-state index >= 15 is 0 Å². The molecule has 0 aromatic heterocycles. The molecule has 1 unspecified atom stereocenters. The van der Waals surface area contributed by atoms with Crippen molar-refractivity contribution >= 4 is 23.4 Å². The Bertz CT molecular complexity index is 558. The molecule has 0 aliphatic rings. The lowest BCUT2D eigenvalue weighted by atomic mass is 10.1. The van der Waals surface area contributed by atoms with Crippen LogP contribution in [0, 0.1) is 17.0 Å². The summed E-state index contributed by atoms with van der Waals surface area (Å²) in [6.45, 7) is 2.87. The van der Waals surface area contributed by atoms with Crippen LogP contribution in [0.3, 0.4) is 0 Å². The lowest BCUT2D eigenvalue weighted by Crippen LogP contribution is -2.42. The highest BCUT2D eigenvalue weighted by Gasteiger charge is 2.23. The first-order valence-corrected chi connectivity index (χ1v) is 5.76. The van der Waals surface area contributed by atoms with E-state index in [4.69, 9.17) is 5.11 Å². The largest absolute Gasteiger partial charge is 0.480 e. The average Bonchev–Trinajstić information content (AvgIpc) is 2.38. The highest BCUT2D eigenvalue weighted by molar-refractivity contribution is 5.93. The Kier molecular flexibility index (Phi) is 4.63. The molecule has 8 heteroatoms. The number of nitro groups is 1. The van der Waals surface area contributed by atoms with E-state index in [1.54, 1.807) is 0 Å². The van der Waals surface area contributed by atoms with Crippen molar-refractivity contribution in [1.29, 1.82) is 0 Å². The number of anilines is 1. The molecule has 20 heavy (non-hydrogen) atoms. The van der Waals surface area contributed by atoms with Gasteiger partial charge in [-0.1, -0.05) is 6.07 Å². The van der Waals surface area contributed by atoms with Gasteiger partial charge in [0.2, 0.25) is 0 Å². The van der Waals surface area contributed by atoms with Crippen molar-refractivity contribution in [3.05, 3.63) is 33.9 Å². The Balaban J connectivity index is 2.94. The summed E-state index contributed by atoms with van der Waals surface area (Å²) in [7, 11) is 1.33. The minimum atomic E-state index is -1.14. The number of amides is 2. The topological polar surface area (TPSA) is 113 Å². The van der Waals surface area contributed by atoms with E-state index in [2.05, 4.69) is 5.32 Å². The number of carbonyl (C=O) groups is 2. The molecule has 108 valence electrons. The number of rotatable bonds is 4. The van der Waals surface area contributed by atoms with Crippen LogP contribution in [0.1, 0.15) is 12.5 Å². The highest BCUT2D eigenvalue weighted by Crippen LogP contribution is 2.25. The van der Waals surface area contributed by atoms with E-state index in [9.17, 15) is 19.7 Å². The predicted octanol–water partition coefficient (Wildman–Crippen LogP) is 1.84. The molecule has 0 saturated heterocycles. The Morgan fingerprint density at radius 1 is 1.45 bits per heavy atom. The minimum absolute atomic E-state index is 0.114. The van der Waals surface area contributed by atoms with Crippen molar-refractivity contribution in [3.8, 4) is 0 Å². The van der Waals surface area contributed by atoms with E-state index < -0.39 is 23.0 Å². The Hall–Kier alpha value is -2.64. The highest BCUT2D eigenvalue weighted by atomic mass is 16.6. The number of hydrogen-bond acceptors (Lipinski definition) is 4. The number of urea groups is 1. The number of aliphatic carboxylic acids is 1. The van der Waals surface area contributed by atoms with E-state index in [1.165, 1.54) is 39.1 Å². The molecule has 2 N–H and O–H groups in total. The third kappa shape index (κ3) is 3.22. The zero-order valence-corrected chi connectivity index (χ0v) is 11.3. The van der Waals surface area contributed by atoms with Crippen LogP contribution in [0.25, 0.3) is 0 Å². The molecule has 1 aromatic carbocycles. The van der Waals surface area contributed by atoms with Crippen LogP contribution in [0.15, 0.2) is 18.2 Å². The Morgan fingerprint density at radius 3 is 2.55 bits per heavy atom. The van der Waals surface area contributed by atoms with Gasteiger partial charge in [0.05, 0.1) is 16.2 Å². The quantitative estimate of drug-likeness (QED) is 0.645. The normalized spacial score (nSPS) is 11.6. The molecule has 2 amide bonds. The molecule has 1 rings (SSSR count).